The highest BCUT2D eigenvalue weighted by Crippen LogP contribution is 2.19. The van der Waals surface area contributed by atoms with Crippen molar-refractivity contribution in [2.45, 2.75) is 0 Å². The van der Waals surface area contributed by atoms with E-state index in [0.29, 0.717) is 5.69 Å². The van der Waals surface area contributed by atoms with Crippen molar-refractivity contribution in [1.29, 1.82) is 0 Å². The topological polar surface area (TPSA) is 83.8 Å². The molecule has 0 saturated carbocycles. The summed E-state index contributed by atoms with van der Waals surface area (Å²) in [4.78, 5) is 12.1. The van der Waals surface area contributed by atoms with Gasteiger partial charge >= 0.3 is 0 Å². The van der Waals surface area contributed by atoms with Crippen LogP contribution >= 0.6 is 0 Å². The number of anilines is 2. The van der Waals surface area contributed by atoms with Gasteiger partial charge in [0.05, 0.1) is 17.3 Å². The zero-order valence-electron chi connectivity index (χ0n) is 10.4. The molecular formula is C14H11FN4O. The van der Waals surface area contributed by atoms with Gasteiger partial charge in [0.1, 0.15) is 5.82 Å². The van der Waals surface area contributed by atoms with Gasteiger partial charge in [0, 0.05) is 16.8 Å². The van der Waals surface area contributed by atoms with E-state index in [1.54, 1.807) is 18.3 Å². The van der Waals surface area contributed by atoms with Crippen LogP contribution in [0.4, 0.5) is 15.8 Å². The fourth-order valence-corrected chi connectivity index (χ4v) is 1.96. The number of aromatic amines is 1. The first-order valence-electron chi connectivity index (χ1n) is 5.93. The molecule has 0 unspecified atom stereocenters. The molecule has 4 N–H and O–H groups in total. The molecule has 3 rings (SSSR count). The number of fused-ring (bicyclic) bond motifs is 1. The summed E-state index contributed by atoms with van der Waals surface area (Å²) >= 11 is 0. The van der Waals surface area contributed by atoms with Crippen LogP contribution < -0.4 is 11.1 Å². The van der Waals surface area contributed by atoms with Crippen molar-refractivity contribution in [3.63, 3.8) is 0 Å². The predicted octanol–water partition coefficient (Wildman–Crippen LogP) is 2.54. The highest BCUT2D eigenvalue weighted by Gasteiger charge is 2.11. The second kappa shape index (κ2) is 4.65. The van der Waals surface area contributed by atoms with E-state index in [1.807, 2.05) is 6.07 Å². The van der Waals surface area contributed by atoms with Crippen LogP contribution in [0.2, 0.25) is 0 Å². The SMILES string of the molecule is Nc1cc(F)ccc1C(=O)Nc1ccc2[nH]ncc2c1. The molecule has 0 aliphatic heterocycles. The summed E-state index contributed by atoms with van der Waals surface area (Å²) in [6, 6.07) is 9.02. The van der Waals surface area contributed by atoms with Crippen LogP contribution in [-0.2, 0) is 0 Å². The first-order valence-corrected chi connectivity index (χ1v) is 5.93. The Morgan fingerprint density at radius 3 is 2.90 bits per heavy atom. The number of amides is 1. The average molecular weight is 270 g/mol. The summed E-state index contributed by atoms with van der Waals surface area (Å²) in [6.45, 7) is 0. The van der Waals surface area contributed by atoms with Gasteiger partial charge in [0.2, 0.25) is 0 Å². The fraction of sp³-hybridized carbons (Fsp3) is 0. The van der Waals surface area contributed by atoms with Crippen LogP contribution in [0.15, 0.2) is 42.6 Å². The van der Waals surface area contributed by atoms with E-state index < -0.39 is 5.82 Å². The summed E-state index contributed by atoms with van der Waals surface area (Å²) in [5, 5.41) is 10.3. The lowest BCUT2D eigenvalue weighted by Gasteiger charge is -2.07. The highest BCUT2D eigenvalue weighted by molar-refractivity contribution is 6.08. The number of nitrogens with one attached hydrogen (secondary N) is 2. The van der Waals surface area contributed by atoms with E-state index in [4.69, 9.17) is 5.73 Å². The molecule has 0 bridgehead atoms. The molecule has 2 aromatic carbocycles. The molecule has 0 atom stereocenters. The maximum Gasteiger partial charge on any atom is 0.257 e. The van der Waals surface area contributed by atoms with Crippen LogP contribution in [0.1, 0.15) is 10.4 Å². The van der Waals surface area contributed by atoms with E-state index in [-0.39, 0.29) is 17.2 Å². The Bertz CT molecular complexity index is 797. The van der Waals surface area contributed by atoms with Gasteiger partial charge in [-0.1, -0.05) is 0 Å². The maximum atomic E-state index is 13.0. The molecule has 6 heteroatoms. The van der Waals surface area contributed by atoms with E-state index >= 15 is 0 Å². The molecule has 1 aromatic heterocycles. The largest absolute Gasteiger partial charge is 0.398 e. The molecule has 100 valence electrons. The van der Waals surface area contributed by atoms with Gasteiger partial charge in [0.15, 0.2) is 0 Å². The minimum absolute atomic E-state index is 0.104. The number of halogens is 1. The number of rotatable bonds is 2. The number of hydrogen-bond acceptors (Lipinski definition) is 3. The lowest BCUT2D eigenvalue weighted by atomic mass is 10.1. The van der Waals surface area contributed by atoms with Crippen LogP contribution in [0.5, 0.6) is 0 Å². The van der Waals surface area contributed by atoms with Crippen LogP contribution in [0.25, 0.3) is 10.9 Å². The zero-order chi connectivity index (χ0) is 14.1. The molecule has 0 aliphatic rings. The van der Waals surface area contributed by atoms with E-state index in [9.17, 15) is 9.18 Å². The van der Waals surface area contributed by atoms with Gasteiger partial charge in [-0.15, -0.1) is 0 Å². The molecule has 0 fully saturated rings. The number of carbonyl (C=O) groups excluding carboxylic acids is 1. The number of aromatic nitrogens is 2. The van der Waals surface area contributed by atoms with Gasteiger partial charge in [-0.05, 0) is 36.4 Å². The molecule has 0 spiro atoms. The van der Waals surface area contributed by atoms with E-state index in [0.717, 1.165) is 17.0 Å². The lowest BCUT2D eigenvalue weighted by Crippen LogP contribution is -2.14. The van der Waals surface area contributed by atoms with Crippen LogP contribution in [-0.4, -0.2) is 16.1 Å². The number of hydrogen-bond donors (Lipinski definition) is 3. The third-order valence-electron chi connectivity index (χ3n) is 2.96. The number of nitrogens with zero attached hydrogens (tertiary/aromatic N) is 1. The van der Waals surface area contributed by atoms with Crippen molar-refractivity contribution in [3.8, 4) is 0 Å². The standard InChI is InChI=1S/C14H11FN4O/c15-9-1-3-11(12(16)6-9)14(20)18-10-2-4-13-8(5-10)7-17-19-13/h1-7H,16H2,(H,17,19)(H,18,20). The Morgan fingerprint density at radius 2 is 2.10 bits per heavy atom. The smallest absolute Gasteiger partial charge is 0.257 e. The first-order chi connectivity index (χ1) is 9.63. The van der Waals surface area contributed by atoms with Gasteiger partial charge < -0.3 is 11.1 Å². The third-order valence-corrected chi connectivity index (χ3v) is 2.96. The zero-order valence-corrected chi connectivity index (χ0v) is 10.4. The van der Waals surface area contributed by atoms with Crippen molar-refractivity contribution >= 4 is 28.2 Å². The predicted molar refractivity (Wildman–Crippen MR) is 74.9 cm³/mol. The lowest BCUT2D eigenvalue weighted by molar-refractivity contribution is 0.102. The second-order valence-corrected chi connectivity index (χ2v) is 4.36. The van der Waals surface area contributed by atoms with Crippen molar-refractivity contribution in [1.82, 2.24) is 10.2 Å². The van der Waals surface area contributed by atoms with Gasteiger partial charge in [-0.25, -0.2) is 4.39 Å². The number of benzene rings is 2. The minimum Gasteiger partial charge on any atom is -0.398 e. The summed E-state index contributed by atoms with van der Waals surface area (Å²) in [7, 11) is 0. The Labute approximate surface area is 113 Å². The van der Waals surface area contributed by atoms with Crippen molar-refractivity contribution in [2.24, 2.45) is 0 Å². The molecule has 0 radical (unpaired) electrons. The highest BCUT2D eigenvalue weighted by atomic mass is 19.1. The monoisotopic (exact) mass is 270 g/mol. The number of carbonyl (C=O) groups is 1. The summed E-state index contributed by atoms with van der Waals surface area (Å²) in [5.41, 5.74) is 7.47. The first kappa shape index (κ1) is 12.2. The molecule has 0 aliphatic carbocycles. The van der Waals surface area contributed by atoms with Gasteiger partial charge in [0.25, 0.3) is 5.91 Å². The summed E-state index contributed by atoms with van der Waals surface area (Å²) in [5.74, 6) is -0.857. The Morgan fingerprint density at radius 1 is 1.25 bits per heavy atom. The number of nitrogens with two attached hydrogens (primary N) is 1. The molecule has 1 heterocycles. The van der Waals surface area contributed by atoms with Gasteiger partial charge in [-0.2, -0.15) is 5.10 Å². The van der Waals surface area contributed by atoms with Crippen molar-refractivity contribution < 1.29 is 9.18 Å². The normalized spacial score (nSPS) is 10.7. The van der Waals surface area contributed by atoms with Crippen LogP contribution in [0, 0.1) is 5.82 Å². The molecule has 1 amide bonds. The molecule has 20 heavy (non-hydrogen) atoms. The quantitative estimate of drug-likeness (QED) is 0.626. The van der Waals surface area contributed by atoms with E-state index in [1.165, 1.54) is 12.1 Å². The van der Waals surface area contributed by atoms with Crippen LogP contribution in [0.3, 0.4) is 0 Å². The number of nitrogen functional groups attached to an aromatic ring is 1. The average Bonchev–Trinajstić information content (AvgIpc) is 2.85. The Kier molecular flexibility index (Phi) is 2.83. The molecule has 5 nitrogen and oxygen atoms in total. The second-order valence-electron chi connectivity index (χ2n) is 4.36. The fourth-order valence-electron chi connectivity index (χ4n) is 1.96. The minimum atomic E-state index is -0.473. The molecular weight excluding hydrogens is 259 g/mol. The maximum absolute atomic E-state index is 13.0. The third kappa shape index (κ3) is 2.18. The van der Waals surface area contributed by atoms with Crippen molar-refractivity contribution in [2.75, 3.05) is 11.1 Å². The molecule has 0 saturated heterocycles. The van der Waals surface area contributed by atoms with Gasteiger partial charge in [-0.3, -0.25) is 9.89 Å². The molecule has 3 aromatic rings. The number of H-pyrrole nitrogens is 1. The van der Waals surface area contributed by atoms with Crippen molar-refractivity contribution in [3.05, 3.63) is 54.0 Å². The summed E-state index contributed by atoms with van der Waals surface area (Å²) in [6.07, 6.45) is 1.66. The summed E-state index contributed by atoms with van der Waals surface area (Å²) < 4.78 is 13.0. The Hall–Kier alpha value is -2.89. The Balaban J connectivity index is 1.87. The van der Waals surface area contributed by atoms with E-state index in [2.05, 4.69) is 15.5 Å².